The zero-order valence-electron chi connectivity index (χ0n) is 10.6. The van der Waals surface area contributed by atoms with Gasteiger partial charge in [0.2, 0.25) is 0 Å². The first-order valence-corrected chi connectivity index (χ1v) is 6.12. The molecular weight excluding hydrogens is 250 g/mol. The highest BCUT2D eigenvalue weighted by Crippen LogP contribution is 2.24. The standard InChI is InChI=1S/C14H16F2N2O/c1-2-13-10(6-7-19-13)12(18-17)8-9-4-3-5-11(15)14(9)16/h3-7,12,18H,2,8,17H2,1H3. The summed E-state index contributed by atoms with van der Waals surface area (Å²) in [7, 11) is 0. The van der Waals surface area contributed by atoms with E-state index >= 15 is 0 Å². The van der Waals surface area contributed by atoms with Crippen LogP contribution in [0.25, 0.3) is 0 Å². The summed E-state index contributed by atoms with van der Waals surface area (Å²) < 4.78 is 32.2. The Morgan fingerprint density at radius 3 is 2.79 bits per heavy atom. The molecule has 1 atom stereocenters. The van der Waals surface area contributed by atoms with Crippen molar-refractivity contribution in [3.63, 3.8) is 0 Å². The lowest BCUT2D eigenvalue weighted by atomic mass is 9.98. The second-order valence-electron chi connectivity index (χ2n) is 4.29. The van der Waals surface area contributed by atoms with Crippen LogP contribution in [-0.4, -0.2) is 0 Å². The zero-order valence-corrected chi connectivity index (χ0v) is 10.6. The Hall–Kier alpha value is -1.72. The fourth-order valence-corrected chi connectivity index (χ4v) is 2.13. The van der Waals surface area contributed by atoms with Crippen molar-refractivity contribution in [2.45, 2.75) is 25.8 Å². The number of halogens is 2. The van der Waals surface area contributed by atoms with Crippen molar-refractivity contribution in [1.29, 1.82) is 0 Å². The van der Waals surface area contributed by atoms with Gasteiger partial charge in [0, 0.05) is 12.0 Å². The number of aryl methyl sites for hydroxylation is 1. The third kappa shape index (κ3) is 2.83. The molecule has 0 radical (unpaired) electrons. The SMILES string of the molecule is CCc1occc1C(Cc1cccc(F)c1F)NN. The Balaban J connectivity index is 2.27. The third-order valence-electron chi connectivity index (χ3n) is 3.13. The smallest absolute Gasteiger partial charge is 0.162 e. The first-order valence-electron chi connectivity index (χ1n) is 6.12. The van der Waals surface area contributed by atoms with Crippen molar-refractivity contribution < 1.29 is 13.2 Å². The van der Waals surface area contributed by atoms with E-state index in [0.717, 1.165) is 17.4 Å². The third-order valence-corrected chi connectivity index (χ3v) is 3.13. The maximum Gasteiger partial charge on any atom is 0.162 e. The van der Waals surface area contributed by atoms with E-state index in [0.29, 0.717) is 6.42 Å². The molecule has 102 valence electrons. The van der Waals surface area contributed by atoms with E-state index in [2.05, 4.69) is 5.43 Å². The van der Waals surface area contributed by atoms with E-state index < -0.39 is 11.6 Å². The number of rotatable bonds is 5. The molecule has 0 saturated heterocycles. The van der Waals surface area contributed by atoms with E-state index in [1.54, 1.807) is 18.4 Å². The van der Waals surface area contributed by atoms with Gasteiger partial charge in [-0.2, -0.15) is 0 Å². The molecule has 1 unspecified atom stereocenters. The predicted octanol–water partition coefficient (Wildman–Crippen LogP) is 2.87. The molecule has 3 N–H and O–H groups in total. The molecule has 1 aromatic carbocycles. The molecule has 0 bridgehead atoms. The summed E-state index contributed by atoms with van der Waals surface area (Å²) in [4.78, 5) is 0. The summed E-state index contributed by atoms with van der Waals surface area (Å²) >= 11 is 0. The summed E-state index contributed by atoms with van der Waals surface area (Å²) in [6.07, 6.45) is 2.54. The van der Waals surface area contributed by atoms with E-state index in [1.807, 2.05) is 6.92 Å². The van der Waals surface area contributed by atoms with Crippen LogP contribution in [0.2, 0.25) is 0 Å². The minimum atomic E-state index is -0.851. The Kier molecular flexibility index (Phi) is 4.29. The van der Waals surface area contributed by atoms with Gasteiger partial charge in [0.1, 0.15) is 5.76 Å². The van der Waals surface area contributed by atoms with Crippen LogP contribution in [0.3, 0.4) is 0 Å². The van der Waals surface area contributed by atoms with Crippen LogP contribution >= 0.6 is 0 Å². The number of nitrogens with one attached hydrogen (secondary N) is 1. The molecule has 0 aliphatic heterocycles. The highest BCUT2D eigenvalue weighted by Gasteiger charge is 2.19. The number of furan rings is 1. The lowest BCUT2D eigenvalue weighted by molar-refractivity contribution is 0.468. The molecule has 0 saturated carbocycles. The van der Waals surface area contributed by atoms with Crippen molar-refractivity contribution in [1.82, 2.24) is 5.43 Å². The molecule has 0 aliphatic rings. The fourth-order valence-electron chi connectivity index (χ4n) is 2.13. The van der Waals surface area contributed by atoms with Crippen LogP contribution in [-0.2, 0) is 12.8 Å². The molecule has 1 heterocycles. The van der Waals surface area contributed by atoms with E-state index in [9.17, 15) is 8.78 Å². The van der Waals surface area contributed by atoms with Crippen molar-refractivity contribution in [2.24, 2.45) is 5.84 Å². The monoisotopic (exact) mass is 266 g/mol. The van der Waals surface area contributed by atoms with Crippen LogP contribution in [0.4, 0.5) is 8.78 Å². The maximum atomic E-state index is 13.7. The molecule has 2 rings (SSSR count). The fraction of sp³-hybridized carbons (Fsp3) is 0.286. The predicted molar refractivity (Wildman–Crippen MR) is 68.2 cm³/mol. The Morgan fingerprint density at radius 2 is 2.11 bits per heavy atom. The van der Waals surface area contributed by atoms with Crippen molar-refractivity contribution >= 4 is 0 Å². The Labute approximate surface area is 110 Å². The average Bonchev–Trinajstić information content (AvgIpc) is 2.88. The number of hydrogen-bond donors (Lipinski definition) is 2. The van der Waals surface area contributed by atoms with Crippen molar-refractivity contribution in [2.75, 3.05) is 0 Å². The van der Waals surface area contributed by atoms with Crippen molar-refractivity contribution in [3.8, 4) is 0 Å². The van der Waals surface area contributed by atoms with E-state index in [1.165, 1.54) is 6.07 Å². The highest BCUT2D eigenvalue weighted by atomic mass is 19.2. The minimum Gasteiger partial charge on any atom is -0.469 e. The largest absolute Gasteiger partial charge is 0.469 e. The summed E-state index contributed by atoms with van der Waals surface area (Å²) in [6.45, 7) is 1.96. The van der Waals surface area contributed by atoms with Gasteiger partial charge in [-0.3, -0.25) is 11.3 Å². The molecule has 1 aromatic heterocycles. The molecule has 0 spiro atoms. The Morgan fingerprint density at radius 1 is 1.32 bits per heavy atom. The number of hydrogen-bond acceptors (Lipinski definition) is 3. The van der Waals surface area contributed by atoms with Crippen LogP contribution < -0.4 is 11.3 Å². The minimum absolute atomic E-state index is 0.257. The number of benzene rings is 1. The quantitative estimate of drug-likeness (QED) is 0.646. The average molecular weight is 266 g/mol. The van der Waals surface area contributed by atoms with Gasteiger partial charge in [0.25, 0.3) is 0 Å². The summed E-state index contributed by atoms with van der Waals surface area (Å²) in [5.74, 6) is 4.63. The van der Waals surface area contributed by atoms with Crippen LogP contribution in [0.5, 0.6) is 0 Å². The van der Waals surface area contributed by atoms with Gasteiger partial charge in [-0.1, -0.05) is 19.1 Å². The molecule has 5 heteroatoms. The van der Waals surface area contributed by atoms with Gasteiger partial charge in [-0.15, -0.1) is 0 Å². The molecule has 0 fully saturated rings. The second-order valence-corrected chi connectivity index (χ2v) is 4.29. The first-order chi connectivity index (χ1) is 9.17. The summed E-state index contributed by atoms with van der Waals surface area (Å²) in [5, 5.41) is 0. The first kappa shape index (κ1) is 13.7. The zero-order chi connectivity index (χ0) is 13.8. The van der Waals surface area contributed by atoms with Gasteiger partial charge in [-0.25, -0.2) is 8.78 Å². The van der Waals surface area contributed by atoms with Gasteiger partial charge in [0.15, 0.2) is 11.6 Å². The number of hydrazine groups is 1. The Bertz CT molecular complexity index is 554. The molecular formula is C14H16F2N2O. The number of nitrogens with two attached hydrogens (primary N) is 1. The molecule has 19 heavy (non-hydrogen) atoms. The maximum absolute atomic E-state index is 13.7. The summed E-state index contributed by atoms with van der Waals surface area (Å²) in [5.41, 5.74) is 3.78. The second kappa shape index (κ2) is 5.95. The van der Waals surface area contributed by atoms with Crippen LogP contribution in [0.1, 0.15) is 29.9 Å². The van der Waals surface area contributed by atoms with E-state index in [-0.39, 0.29) is 18.0 Å². The van der Waals surface area contributed by atoms with Crippen LogP contribution in [0, 0.1) is 11.6 Å². The van der Waals surface area contributed by atoms with Gasteiger partial charge in [-0.05, 0) is 24.1 Å². The van der Waals surface area contributed by atoms with Gasteiger partial charge >= 0.3 is 0 Å². The lowest BCUT2D eigenvalue weighted by Crippen LogP contribution is -2.30. The molecule has 0 aliphatic carbocycles. The normalized spacial score (nSPS) is 12.6. The van der Waals surface area contributed by atoms with E-state index in [4.69, 9.17) is 10.3 Å². The van der Waals surface area contributed by atoms with Gasteiger partial charge < -0.3 is 4.42 Å². The molecule has 3 nitrogen and oxygen atoms in total. The summed E-state index contributed by atoms with van der Waals surface area (Å²) in [6, 6.07) is 5.61. The molecule has 2 aromatic rings. The van der Waals surface area contributed by atoms with Gasteiger partial charge in [0.05, 0.1) is 12.3 Å². The van der Waals surface area contributed by atoms with Crippen molar-refractivity contribution in [3.05, 3.63) is 59.1 Å². The molecule has 0 amide bonds. The van der Waals surface area contributed by atoms with Crippen LogP contribution in [0.15, 0.2) is 34.9 Å². The lowest BCUT2D eigenvalue weighted by Gasteiger charge is -2.16. The topological polar surface area (TPSA) is 51.2 Å². The highest BCUT2D eigenvalue weighted by molar-refractivity contribution is 5.26.